The molecule has 1 aromatic heterocycles. The van der Waals surface area contributed by atoms with Gasteiger partial charge >= 0.3 is 5.91 Å². The van der Waals surface area contributed by atoms with Gasteiger partial charge in [-0.25, -0.2) is 0 Å². The summed E-state index contributed by atoms with van der Waals surface area (Å²) in [5, 5.41) is 0. The van der Waals surface area contributed by atoms with Crippen LogP contribution in [0.4, 0.5) is 0 Å². The Morgan fingerprint density at radius 3 is 2.92 bits per heavy atom. The lowest BCUT2D eigenvalue weighted by Gasteiger charge is -2.12. The van der Waals surface area contributed by atoms with Gasteiger partial charge in [0.2, 0.25) is 5.76 Å². The third-order valence-corrected chi connectivity index (χ3v) is 4.86. The standard InChI is InChI=1S/C18H22N2O4S/c1-4-22-6-5-20-16-13(3)9-12(2)10-15(16)25-18(20)19-17(21)14-11-23-7-8-24-14/h9-11H,4-8H2,1-3H3. The summed E-state index contributed by atoms with van der Waals surface area (Å²) < 4.78 is 19.1. The predicted octanol–water partition coefficient (Wildman–Crippen LogP) is 2.67. The molecule has 7 heteroatoms. The molecule has 0 atom stereocenters. The first-order valence-corrected chi connectivity index (χ1v) is 9.13. The lowest BCUT2D eigenvalue weighted by Crippen LogP contribution is -2.22. The second kappa shape index (κ2) is 7.84. The van der Waals surface area contributed by atoms with Gasteiger partial charge in [-0.1, -0.05) is 17.4 Å². The van der Waals surface area contributed by atoms with Crippen molar-refractivity contribution in [2.24, 2.45) is 4.99 Å². The fraction of sp³-hybridized carbons (Fsp3) is 0.444. The molecule has 134 valence electrons. The molecule has 0 N–H and O–H groups in total. The van der Waals surface area contributed by atoms with E-state index in [1.54, 1.807) is 0 Å². The number of hydrogen-bond acceptors (Lipinski definition) is 5. The first-order chi connectivity index (χ1) is 12.1. The first kappa shape index (κ1) is 17.7. The largest absolute Gasteiger partial charge is 0.494 e. The van der Waals surface area contributed by atoms with E-state index in [-0.39, 0.29) is 5.76 Å². The molecule has 1 aromatic carbocycles. The van der Waals surface area contributed by atoms with Crippen molar-refractivity contribution in [3.63, 3.8) is 0 Å². The highest BCUT2D eigenvalue weighted by atomic mass is 32.1. The molecule has 0 bridgehead atoms. The molecule has 2 aromatic rings. The Bertz CT molecular complexity index is 879. The Labute approximate surface area is 150 Å². The minimum Gasteiger partial charge on any atom is -0.494 e. The monoisotopic (exact) mass is 362 g/mol. The molecule has 0 spiro atoms. The Balaban J connectivity index is 2.07. The zero-order chi connectivity index (χ0) is 17.8. The van der Waals surface area contributed by atoms with Gasteiger partial charge in [0.25, 0.3) is 0 Å². The first-order valence-electron chi connectivity index (χ1n) is 8.32. The van der Waals surface area contributed by atoms with Crippen LogP contribution in [0.15, 0.2) is 29.1 Å². The molecule has 1 aliphatic heterocycles. The number of benzene rings is 1. The van der Waals surface area contributed by atoms with Crippen LogP contribution in [0.5, 0.6) is 0 Å². The van der Waals surface area contributed by atoms with Crippen molar-refractivity contribution < 1.29 is 19.0 Å². The number of hydrogen-bond donors (Lipinski definition) is 0. The molecule has 3 rings (SSSR count). The number of rotatable bonds is 5. The second-order valence-electron chi connectivity index (χ2n) is 5.78. The number of ether oxygens (including phenoxy) is 3. The molecule has 0 saturated heterocycles. The Hall–Kier alpha value is -2.12. The van der Waals surface area contributed by atoms with Crippen LogP contribution in [0.1, 0.15) is 18.1 Å². The predicted molar refractivity (Wildman–Crippen MR) is 96.3 cm³/mol. The molecule has 1 amide bonds. The fourth-order valence-electron chi connectivity index (χ4n) is 2.81. The van der Waals surface area contributed by atoms with Crippen molar-refractivity contribution in [3.8, 4) is 0 Å². The molecule has 0 fully saturated rings. The molecule has 2 heterocycles. The van der Waals surface area contributed by atoms with E-state index in [0.29, 0.717) is 37.8 Å². The molecule has 1 aliphatic rings. The van der Waals surface area contributed by atoms with Crippen LogP contribution >= 0.6 is 11.3 Å². The Kier molecular flexibility index (Phi) is 5.55. The number of amides is 1. The zero-order valence-corrected chi connectivity index (χ0v) is 15.5. The summed E-state index contributed by atoms with van der Waals surface area (Å²) in [5.74, 6) is -0.279. The average Bonchev–Trinajstić information content (AvgIpc) is 2.93. The summed E-state index contributed by atoms with van der Waals surface area (Å²) in [6.07, 6.45) is 1.34. The van der Waals surface area contributed by atoms with Crippen molar-refractivity contribution in [2.45, 2.75) is 27.3 Å². The highest BCUT2D eigenvalue weighted by molar-refractivity contribution is 7.16. The number of aromatic nitrogens is 1. The molecule has 0 unspecified atom stereocenters. The van der Waals surface area contributed by atoms with Crippen molar-refractivity contribution in [1.29, 1.82) is 0 Å². The van der Waals surface area contributed by atoms with E-state index in [4.69, 9.17) is 14.2 Å². The summed E-state index contributed by atoms with van der Waals surface area (Å²) in [5.41, 5.74) is 3.44. The summed E-state index contributed by atoms with van der Waals surface area (Å²) in [6.45, 7) is 8.78. The summed E-state index contributed by atoms with van der Waals surface area (Å²) in [4.78, 5) is 17.3. The van der Waals surface area contributed by atoms with Crippen molar-refractivity contribution in [1.82, 2.24) is 4.57 Å². The van der Waals surface area contributed by atoms with Crippen LogP contribution < -0.4 is 4.80 Å². The molecular weight excluding hydrogens is 340 g/mol. The molecule has 0 saturated carbocycles. The number of aryl methyl sites for hydroxylation is 2. The number of thiazole rings is 1. The minimum absolute atomic E-state index is 0.146. The van der Waals surface area contributed by atoms with Crippen molar-refractivity contribution in [3.05, 3.63) is 40.1 Å². The summed E-state index contributed by atoms with van der Waals surface area (Å²) >= 11 is 1.50. The van der Waals surface area contributed by atoms with E-state index in [1.807, 2.05) is 11.5 Å². The zero-order valence-electron chi connectivity index (χ0n) is 14.7. The van der Waals surface area contributed by atoms with Crippen LogP contribution in [-0.2, 0) is 25.5 Å². The topological polar surface area (TPSA) is 62.1 Å². The van der Waals surface area contributed by atoms with Gasteiger partial charge in [-0.15, -0.1) is 0 Å². The molecule has 0 aliphatic carbocycles. The van der Waals surface area contributed by atoms with Crippen molar-refractivity contribution >= 4 is 27.5 Å². The molecule has 25 heavy (non-hydrogen) atoms. The lowest BCUT2D eigenvalue weighted by atomic mass is 10.1. The van der Waals surface area contributed by atoms with Gasteiger partial charge in [0.1, 0.15) is 19.5 Å². The van der Waals surface area contributed by atoms with E-state index in [0.717, 1.165) is 15.8 Å². The lowest BCUT2D eigenvalue weighted by molar-refractivity contribution is -0.119. The van der Waals surface area contributed by atoms with E-state index < -0.39 is 5.91 Å². The van der Waals surface area contributed by atoms with Gasteiger partial charge < -0.3 is 18.8 Å². The van der Waals surface area contributed by atoms with Crippen LogP contribution in [0.2, 0.25) is 0 Å². The molecule has 6 nitrogen and oxygen atoms in total. The number of nitrogens with zero attached hydrogens (tertiary/aromatic N) is 2. The summed E-state index contributed by atoms with van der Waals surface area (Å²) in [6, 6.07) is 4.26. The van der Waals surface area contributed by atoms with Gasteiger partial charge in [0, 0.05) is 13.2 Å². The number of fused-ring (bicyclic) bond motifs is 1. The number of carbonyl (C=O) groups excluding carboxylic acids is 1. The molecular formula is C18H22N2O4S. The van der Waals surface area contributed by atoms with Crippen LogP contribution in [0.25, 0.3) is 10.2 Å². The van der Waals surface area contributed by atoms with Gasteiger partial charge in [-0.2, -0.15) is 4.99 Å². The summed E-state index contributed by atoms with van der Waals surface area (Å²) in [7, 11) is 0. The normalized spacial score (nSPS) is 15.0. The minimum atomic E-state index is -0.425. The van der Waals surface area contributed by atoms with E-state index >= 15 is 0 Å². The van der Waals surface area contributed by atoms with E-state index in [2.05, 4.69) is 31.0 Å². The SMILES string of the molecule is CCOCCn1c(=NC(=O)C2=COCCO2)sc2cc(C)cc(C)c21. The quantitative estimate of drug-likeness (QED) is 0.767. The fourth-order valence-corrected chi connectivity index (χ4v) is 4.04. The maximum Gasteiger partial charge on any atom is 0.317 e. The van der Waals surface area contributed by atoms with Crippen LogP contribution in [0.3, 0.4) is 0 Å². The smallest absolute Gasteiger partial charge is 0.317 e. The highest BCUT2D eigenvalue weighted by Gasteiger charge is 2.16. The van der Waals surface area contributed by atoms with Gasteiger partial charge in [-0.05, 0) is 38.0 Å². The average molecular weight is 362 g/mol. The van der Waals surface area contributed by atoms with Gasteiger partial charge in [-0.3, -0.25) is 4.79 Å². The van der Waals surface area contributed by atoms with Crippen LogP contribution in [0, 0.1) is 13.8 Å². The molecule has 0 radical (unpaired) electrons. The van der Waals surface area contributed by atoms with Gasteiger partial charge in [0.05, 0.1) is 16.8 Å². The Morgan fingerprint density at radius 1 is 1.36 bits per heavy atom. The maximum absolute atomic E-state index is 12.4. The highest BCUT2D eigenvalue weighted by Crippen LogP contribution is 2.23. The van der Waals surface area contributed by atoms with E-state index in [9.17, 15) is 4.79 Å². The van der Waals surface area contributed by atoms with Crippen molar-refractivity contribution in [2.75, 3.05) is 26.4 Å². The van der Waals surface area contributed by atoms with E-state index in [1.165, 1.54) is 23.2 Å². The van der Waals surface area contributed by atoms with Gasteiger partial charge in [0.15, 0.2) is 4.80 Å². The second-order valence-corrected chi connectivity index (χ2v) is 6.79. The number of carbonyl (C=O) groups is 1. The maximum atomic E-state index is 12.4. The Morgan fingerprint density at radius 2 is 2.20 bits per heavy atom. The third kappa shape index (κ3) is 3.93. The van der Waals surface area contributed by atoms with Crippen LogP contribution in [-0.4, -0.2) is 36.9 Å². The third-order valence-electron chi connectivity index (χ3n) is 3.83.